The van der Waals surface area contributed by atoms with E-state index in [2.05, 4.69) is 18.2 Å². The van der Waals surface area contributed by atoms with Crippen molar-refractivity contribution in [3.8, 4) is 0 Å². The Bertz CT molecular complexity index is 639. The number of fused-ring (bicyclic) bond motifs is 1. The summed E-state index contributed by atoms with van der Waals surface area (Å²) < 4.78 is 14.1. The number of hydrogen-bond acceptors (Lipinski definition) is 1. The van der Waals surface area contributed by atoms with Gasteiger partial charge in [-0.15, -0.1) is 22.9 Å². The van der Waals surface area contributed by atoms with Crippen LogP contribution in [-0.2, 0) is 0 Å². The molecule has 18 heavy (non-hydrogen) atoms. The van der Waals surface area contributed by atoms with Gasteiger partial charge in [0.25, 0.3) is 0 Å². The van der Waals surface area contributed by atoms with Crippen LogP contribution in [0, 0.1) is 5.82 Å². The van der Waals surface area contributed by atoms with Crippen LogP contribution in [0.1, 0.15) is 15.8 Å². The molecule has 0 amide bonds. The standard InChI is InChI=1S/C15H10ClFS/c16-15(10-5-7-12(17)8-6-10)14-9-11-3-1-2-4-13(11)18-14/h1-9,15H. The monoisotopic (exact) mass is 276 g/mol. The fraction of sp³-hybridized carbons (Fsp3) is 0.0667. The molecule has 3 aromatic rings. The van der Waals surface area contributed by atoms with E-state index in [4.69, 9.17) is 11.6 Å². The van der Waals surface area contributed by atoms with E-state index in [1.165, 1.54) is 22.2 Å². The zero-order valence-corrected chi connectivity index (χ0v) is 11.0. The molecule has 90 valence electrons. The molecule has 0 aliphatic rings. The molecule has 1 heterocycles. The number of thiophene rings is 1. The first-order valence-electron chi connectivity index (χ1n) is 5.62. The van der Waals surface area contributed by atoms with Crippen LogP contribution >= 0.6 is 22.9 Å². The van der Waals surface area contributed by atoms with Crippen molar-refractivity contribution in [3.63, 3.8) is 0 Å². The highest BCUT2D eigenvalue weighted by Crippen LogP contribution is 2.36. The van der Waals surface area contributed by atoms with E-state index in [1.807, 2.05) is 12.1 Å². The Kier molecular flexibility index (Phi) is 3.06. The number of rotatable bonds is 2. The van der Waals surface area contributed by atoms with E-state index in [1.54, 1.807) is 23.5 Å². The van der Waals surface area contributed by atoms with Gasteiger partial charge in [-0.3, -0.25) is 0 Å². The van der Waals surface area contributed by atoms with E-state index in [0.717, 1.165) is 10.4 Å². The van der Waals surface area contributed by atoms with Gasteiger partial charge in [-0.1, -0.05) is 30.3 Å². The Morgan fingerprint density at radius 1 is 1.00 bits per heavy atom. The van der Waals surface area contributed by atoms with Crippen molar-refractivity contribution in [2.45, 2.75) is 5.38 Å². The van der Waals surface area contributed by atoms with Crippen molar-refractivity contribution in [2.75, 3.05) is 0 Å². The third-order valence-corrected chi connectivity index (χ3v) is 4.65. The molecule has 3 rings (SSSR count). The van der Waals surface area contributed by atoms with Crippen molar-refractivity contribution >= 4 is 33.0 Å². The second-order valence-electron chi connectivity index (χ2n) is 4.10. The Morgan fingerprint density at radius 2 is 1.72 bits per heavy atom. The van der Waals surface area contributed by atoms with E-state index >= 15 is 0 Å². The Hall–Kier alpha value is -1.38. The van der Waals surface area contributed by atoms with Crippen molar-refractivity contribution in [2.24, 2.45) is 0 Å². The lowest BCUT2D eigenvalue weighted by Crippen LogP contribution is -1.89. The number of alkyl halides is 1. The number of hydrogen-bond donors (Lipinski definition) is 0. The summed E-state index contributed by atoms with van der Waals surface area (Å²) in [6.45, 7) is 0. The summed E-state index contributed by atoms with van der Waals surface area (Å²) in [7, 11) is 0. The van der Waals surface area contributed by atoms with Gasteiger partial charge >= 0.3 is 0 Å². The molecule has 0 fully saturated rings. The lowest BCUT2D eigenvalue weighted by atomic mass is 10.1. The molecule has 2 aromatic carbocycles. The average molecular weight is 277 g/mol. The van der Waals surface area contributed by atoms with Crippen molar-refractivity contribution in [1.29, 1.82) is 0 Å². The van der Waals surface area contributed by atoms with Crippen LogP contribution in [0.5, 0.6) is 0 Å². The zero-order chi connectivity index (χ0) is 12.5. The lowest BCUT2D eigenvalue weighted by molar-refractivity contribution is 0.627. The van der Waals surface area contributed by atoms with Gasteiger partial charge in [-0.2, -0.15) is 0 Å². The highest BCUT2D eigenvalue weighted by atomic mass is 35.5. The van der Waals surface area contributed by atoms with E-state index in [9.17, 15) is 4.39 Å². The molecular formula is C15H10ClFS. The van der Waals surface area contributed by atoms with E-state index < -0.39 is 0 Å². The summed E-state index contributed by atoms with van der Waals surface area (Å²) in [5.41, 5.74) is 0.921. The van der Waals surface area contributed by atoms with Crippen molar-refractivity contribution < 1.29 is 4.39 Å². The molecule has 1 aromatic heterocycles. The third-order valence-electron chi connectivity index (χ3n) is 2.86. The molecule has 0 nitrogen and oxygen atoms in total. The summed E-state index contributed by atoms with van der Waals surface area (Å²) in [5.74, 6) is -0.237. The minimum absolute atomic E-state index is 0.219. The molecule has 0 N–H and O–H groups in total. The maximum absolute atomic E-state index is 12.9. The second-order valence-corrected chi connectivity index (χ2v) is 5.65. The van der Waals surface area contributed by atoms with Crippen molar-refractivity contribution in [1.82, 2.24) is 0 Å². The minimum atomic E-state index is -0.237. The predicted octanol–water partition coefficient (Wildman–Crippen LogP) is 5.37. The molecule has 0 saturated carbocycles. The minimum Gasteiger partial charge on any atom is -0.207 e. The summed E-state index contributed by atoms with van der Waals surface area (Å²) >= 11 is 8.12. The van der Waals surface area contributed by atoms with Gasteiger partial charge in [-0.05, 0) is 35.2 Å². The van der Waals surface area contributed by atoms with E-state index in [-0.39, 0.29) is 11.2 Å². The summed E-state index contributed by atoms with van der Waals surface area (Å²) in [6.07, 6.45) is 0. The summed E-state index contributed by atoms with van der Waals surface area (Å²) in [4.78, 5) is 1.09. The fourth-order valence-electron chi connectivity index (χ4n) is 1.92. The van der Waals surface area contributed by atoms with Gasteiger partial charge in [0.2, 0.25) is 0 Å². The van der Waals surface area contributed by atoms with Crippen LogP contribution in [0.25, 0.3) is 10.1 Å². The van der Waals surface area contributed by atoms with Gasteiger partial charge < -0.3 is 0 Å². The van der Waals surface area contributed by atoms with Gasteiger partial charge in [0.15, 0.2) is 0 Å². The largest absolute Gasteiger partial charge is 0.207 e. The molecule has 0 bridgehead atoms. The van der Waals surface area contributed by atoms with Gasteiger partial charge in [0.1, 0.15) is 5.82 Å². The first kappa shape index (κ1) is 11.7. The van der Waals surface area contributed by atoms with Crippen LogP contribution < -0.4 is 0 Å². The van der Waals surface area contributed by atoms with Crippen LogP contribution in [-0.4, -0.2) is 0 Å². The van der Waals surface area contributed by atoms with Gasteiger partial charge in [0, 0.05) is 9.58 Å². The molecule has 3 heteroatoms. The molecule has 0 aliphatic heterocycles. The Balaban J connectivity index is 2.00. The van der Waals surface area contributed by atoms with Gasteiger partial charge in [0.05, 0.1) is 5.38 Å². The van der Waals surface area contributed by atoms with Crippen LogP contribution in [0.3, 0.4) is 0 Å². The zero-order valence-electron chi connectivity index (χ0n) is 9.44. The SMILES string of the molecule is Fc1ccc(C(Cl)c2cc3ccccc3s2)cc1. The van der Waals surface area contributed by atoms with Crippen molar-refractivity contribution in [3.05, 3.63) is 70.9 Å². The van der Waals surface area contributed by atoms with Crippen LogP contribution in [0.4, 0.5) is 4.39 Å². The highest BCUT2D eigenvalue weighted by molar-refractivity contribution is 7.19. The normalized spacial score (nSPS) is 12.8. The molecule has 0 spiro atoms. The molecular weight excluding hydrogens is 267 g/mol. The quantitative estimate of drug-likeness (QED) is 0.552. The fourth-order valence-corrected chi connectivity index (χ4v) is 3.34. The lowest BCUT2D eigenvalue weighted by Gasteiger charge is -2.06. The number of halogens is 2. The number of benzene rings is 2. The van der Waals surface area contributed by atoms with Gasteiger partial charge in [-0.25, -0.2) is 4.39 Å². The first-order chi connectivity index (χ1) is 8.74. The first-order valence-corrected chi connectivity index (χ1v) is 6.87. The Labute approximate surface area is 114 Å². The molecule has 0 aliphatic carbocycles. The highest BCUT2D eigenvalue weighted by Gasteiger charge is 2.13. The Morgan fingerprint density at radius 3 is 2.44 bits per heavy atom. The predicted molar refractivity (Wildman–Crippen MR) is 75.9 cm³/mol. The molecule has 0 saturated heterocycles. The maximum atomic E-state index is 12.9. The average Bonchev–Trinajstić information content (AvgIpc) is 2.82. The van der Waals surface area contributed by atoms with E-state index in [0.29, 0.717) is 0 Å². The summed E-state index contributed by atoms with van der Waals surface area (Å²) in [6, 6.07) is 16.6. The molecule has 0 radical (unpaired) electrons. The maximum Gasteiger partial charge on any atom is 0.123 e. The smallest absolute Gasteiger partial charge is 0.123 e. The second kappa shape index (κ2) is 4.71. The van der Waals surface area contributed by atoms with Crippen LogP contribution in [0.15, 0.2) is 54.6 Å². The summed E-state index contributed by atoms with van der Waals surface area (Å²) in [5, 5.41) is 0.980. The third kappa shape index (κ3) is 2.14. The van der Waals surface area contributed by atoms with Crippen LogP contribution in [0.2, 0.25) is 0 Å². The molecule has 1 unspecified atom stereocenters. The molecule has 1 atom stereocenters. The topological polar surface area (TPSA) is 0 Å².